The number of piperidine rings is 1. The fourth-order valence-electron chi connectivity index (χ4n) is 2.53. The predicted molar refractivity (Wildman–Crippen MR) is 70.4 cm³/mol. The number of benzene rings is 1. The lowest BCUT2D eigenvalue weighted by atomic mass is 10.0. The lowest BCUT2D eigenvalue weighted by Gasteiger charge is -2.31. The first-order chi connectivity index (χ1) is 8.75. The van der Waals surface area contributed by atoms with Gasteiger partial charge in [-0.3, -0.25) is 4.79 Å². The summed E-state index contributed by atoms with van der Waals surface area (Å²) in [5, 5.41) is 3.23. The van der Waals surface area contributed by atoms with Crippen molar-refractivity contribution in [3.63, 3.8) is 0 Å². The highest BCUT2D eigenvalue weighted by molar-refractivity contribution is 5.85. The highest BCUT2D eigenvalue weighted by Gasteiger charge is 2.21. The number of nitrogens with one attached hydrogen (secondary N) is 1. The van der Waals surface area contributed by atoms with E-state index in [0.29, 0.717) is 24.2 Å². The van der Waals surface area contributed by atoms with Crippen LogP contribution in [0.5, 0.6) is 0 Å². The number of Topliss-reactive ketones (excluding diaryl/α,β-unsaturated/α-hetero) is 1. The molecule has 1 aromatic rings. The van der Waals surface area contributed by atoms with Crippen LogP contribution in [0, 0.1) is 5.82 Å². The third kappa shape index (κ3) is 1.88. The van der Waals surface area contributed by atoms with Crippen LogP contribution in [0.3, 0.4) is 0 Å². The Hall–Kier alpha value is -1.84. The molecular weight excluding hydrogens is 231 g/mol. The molecule has 0 spiro atoms. The first kappa shape index (κ1) is 11.3. The summed E-state index contributed by atoms with van der Waals surface area (Å²) in [5.41, 5.74) is 2.48. The van der Waals surface area contributed by atoms with E-state index in [2.05, 4.69) is 10.2 Å². The highest BCUT2D eigenvalue weighted by Crippen LogP contribution is 2.35. The molecule has 2 aliphatic rings. The van der Waals surface area contributed by atoms with E-state index in [1.807, 2.05) is 12.2 Å². The molecule has 94 valence electrons. The van der Waals surface area contributed by atoms with Crippen molar-refractivity contribution in [1.82, 2.24) is 0 Å². The van der Waals surface area contributed by atoms with Crippen molar-refractivity contribution in [2.45, 2.75) is 12.8 Å². The van der Waals surface area contributed by atoms with Crippen LogP contribution < -0.4 is 10.2 Å². The number of fused-ring (bicyclic) bond motifs is 1. The first-order valence-corrected chi connectivity index (χ1v) is 6.25. The minimum Gasteiger partial charge on any atom is -0.379 e. The Morgan fingerprint density at radius 2 is 2.00 bits per heavy atom. The molecule has 0 radical (unpaired) electrons. The van der Waals surface area contributed by atoms with Gasteiger partial charge in [-0.15, -0.1) is 0 Å². The molecule has 1 fully saturated rings. The molecule has 1 aromatic carbocycles. The van der Waals surface area contributed by atoms with Crippen molar-refractivity contribution in [1.29, 1.82) is 0 Å². The molecule has 18 heavy (non-hydrogen) atoms. The zero-order valence-electron chi connectivity index (χ0n) is 10.1. The number of halogens is 1. The number of anilines is 2. The number of ketones is 1. The molecule has 3 nitrogen and oxygen atoms in total. The molecule has 4 heteroatoms. The Labute approximate surface area is 105 Å². The summed E-state index contributed by atoms with van der Waals surface area (Å²) in [5.74, 6) is 0.111. The standard InChI is InChI=1S/C14H15FN2O/c15-12-3-4-13(14-11(12)2-1-7-16-14)17-8-5-10(18)6-9-17/h1-4,16H,5-9H2. The van der Waals surface area contributed by atoms with E-state index < -0.39 is 0 Å². The van der Waals surface area contributed by atoms with Gasteiger partial charge in [-0.1, -0.05) is 12.2 Å². The van der Waals surface area contributed by atoms with Gasteiger partial charge >= 0.3 is 0 Å². The van der Waals surface area contributed by atoms with Crippen molar-refractivity contribution < 1.29 is 9.18 Å². The summed E-state index contributed by atoms with van der Waals surface area (Å²) >= 11 is 0. The molecule has 0 saturated carbocycles. The molecule has 1 N–H and O–H groups in total. The van der Waals surface area contributed by atoms with Crippen LogP contribution in [0.2, 0.25) is 0 Å². The summed E-state index contributed by atoms with van der Waals surface area (Å²) in [6.45, 7) is 2.17. The fourth-order valence-corrected chi connectivity index (χ4v) is 2.53. The zero-order valence-corrected chi connectivity index (χ0v) is 10.1. The predicted octanol–water partition coefficient (Wildman–Crippen LogP) is 2.43. The average Bonchev–Trinajstić information content (AvgIpc) is 2.41. The van der Waals surface area contributed by atoms with E-state index in [1.165, 1.54) is 6.07 Å². The van der Waals surface area contributed by atoms with Crippen LogP contribution in [0.15, 0.2) is 18.2 Å². The zero-order chi connectivity index (χ0) is 12.5. The largest absolute Gasteiger partial charge is 0.379 e. The van der Waals surface area contributed by atoms with Crippen molar-refractivity contribution >= 4 is 23.2 Å². The Morgan fingerprint density at radius 1 is 1.22 bits per heavy atom. The summed E-state index contributed by atoms with van der Waals surface area (Å²) in [7, 11) is 0. The molecule has 3 rings (SSSR count). The van der Waals surface area contributed by atoms with E-state index >= 15 is 0 Å². The molecule has 0 unspecified atom stereocenters. The molecule has 0 bridgehead atoms. The van der Waals surface area contributed by atoms with E-state index in [-0.39, 0.29) is 5.82 Å². The van der Waals surface area contributed by atoms with Gasteiger partial charge < -0.3 is 10.2 Å². The van der Waals surface area contributed by atoms with E-state index in [9.17, 15) is 9.18 Å². The van der Waals surface area contributed by atoms with Gasteiger partial charge in [-0.25, -0.2) is 4.39 Å². The minimum absolute atomic E-state index is 0.203. The van der Waals surface area contributed by atoms with Crippen molar-refractivity contribution in [3.05, 3.63) is 29.6 Å². The SMILES string of the molecule is O=C1CCN(c2ccc(F)c3c2NCC=C3)CC1. The third-order valence-electron chi connectivity index (χ3n) is 3.51. The average molecular weight is 246 g/mol. The molecule has 0 aliphatic carbocycles. The highest BCUT2D eigenvalue weighted by atomic mass is 19.1. The van der Waals surface area contributed by atoms with Crippen LogP contribution in [0.1, 0.15) is 18.4 Å². The molecular formula is C14H15FN2O. The number of carbonyl (C=O) groups excluding carboxylic acids is 1. The second-order valence-corrected chi connectivity index (χ2v) is 4.66. The number of carbonyl (C=O) groups is 1. The monoisotopic (exact) mass is 246 g/mol. The van der Waals surface area contributed by atoms with Crippen LogP contribution in [-0.4, -0.2) is 25.4 Å². The quantitative estimate of drug-likeness (QED) is 0.826. The van der Waals surface area contributed by atoms with E-state index in [0.717, 1.165) is 31.0 Å². The minimum atomic E-state index is -0.203. The van der Waals surface area contributed by atoms with Crippen molar-refractivity contribution in [2.24, 2.45) is 0 Å². The molecule has 2 heterocycles. The summed E-state index contributed by atoms with van der Waals surface area (Å²) in [6, 6.07) is 3.30. The summed E-state index contributed by atoms with van der Waals surface area (Å²) in [4.78, 5) is 13.4. The second-order valence-electron chi connectivity index (χ2n) is 4.66. The maximum atomic E-state index is 13.7. The van der Waals surface area contributed by atoms with Gasteiger partial charge in [0.15, 0.2) is 0 Å². The molecule has 2 aliphatic heterocycles. The fraction of sp³-hybridized carbons (Fsp3) is 0.357. The Morgan fingerprint density at radius 3 is 2.78 bits per heavy atom. The molecule has 1 saturated heterocycles. The van der Waals surface area contributed by atoms with Gasteiger partial charge in [0.25, 0.3) is 0 Å². The second kappa shape index (κ2) is 4.44. The summed E-state index contributed by atoms with van der Waals surface area (Å²) in [6.07, 6.45) is 4.90. The van der Waals surface area contributed by atoms with E-state index in [1.54, 1.807) is 6.07 Å². The van der Waals surface area contributed by atoms with Crippen LogP contribution in [0.25, 0.3) is 6.08 Å². The van der Waals surface area contributed by atoms with Gasteiger partial charge in [0.2, 0.25) is 0 Å². The van der Waals surface area contributed by atoms with Crippen LogP contribution >= 0.6 is 0 Å². The normalized spacial score (nSPS) is 18.5. The van der Waals surface area contributed by atoms with Crippen molar-refractivity contribution in [3.8, 4) is 0 Å². The van der Waals surface area contributed by atoms with Crippen molar-refractivity contribution in [2.75, 3.05) is 29.9 Å². The van der Waals surface area contributed by atoms with Crippen LogP contribution in [0.4, 0.5) is 15.8 Å². The maximum Gasteiger partial charge on any atom is 0.136 e. The lowest BCUT2D eigenvalue weighted by molar-refractivity contribution is -0.119. The maximum absolute atomic E-state index is 13.7. The first-order valence-electron chi connectivity index (χ1n) is 6.25. The smallest absolute Gasteiger partial charge is 0.136 e. The summed E-state index contributed by atoms with van der Waals surface area (Å²) < 4.78 is 13.7. The Kier molecular flexibility index (Phi) is 2.78. The number of nitrogens with zero attached hydrogens (tertiary/aromatic N) is 1. The van der Waals surface area contributed by atoms with Gasteiger partial charge in [-0.2, -0.15) is 0 Å². The van der Waals surface area contributed by atoms with Gasteiger partial charge in [0.1, 0.15) is 11.6 Å². The van der Waals surface area contributed by atoms with Crippen LogP contribution in [-0.2, 0) is 4.79 Å². The molecule has 0 atom stereocenters. The number of rotatable bonds is 1. The van der Waals surface area contributed by atoms with Gasteiger partial charge in [0.05, 0.1) is 11.4 Å². The molecule has 0 aromatic heterocycles. The van der Waals surface area contributed by atoms with E-state index in [4.69, 9.17) is 0 Å². The Bertz CT molecular complexity index is 515. The number of hydrogen-bond donors (Lipinski definition) is 1. The Balaban J connectivity index is 1.97. The third-order valence-corrected chi connectivity index (χ3v) is 3.51. The lowest BCUT2D eigenvalue weighted by Crippen LogP contribution is -2.34. The topological polar surface area (TPSA) is 32.3 Å². The number of hydrogen-bond acceptors (Lipinski definition) is 3. The van der Waals surface area contributed by atoms with Gasteiger partial charge in [0, 0.05) is 38.0 Å². The van der Waals surface area contributed by atoms with Gasteiger partial charge in [-0.05, 0) is 12.1 Å². The molecule has 0 amide bonds.